The van der Waals surface area contributed by atoms with Gasteiger partial charge in [-0.15, -0.1) is 0 Å². The van der Waals surface area contributed by atoms with Crippen LogP contribution in [0.3, 0.4) is 0 Å². The number of ketones is 1. The molecule has 6 rings (SSSR count). The number of para-hydroxylation sites is 1. The van der Waals surface area contributed by atoms with E-state index < -0.39 is 11.3 Å². The highest BCUT2D eigenvalue weighted by atomic mass is 16.5. The van der Waals surface area contributed by atoms with Crippen molar-refractivity contribution >= 4 is 5.78 Å². The van der Waals surface area contributed by atoms with Gasteiger partial charge in [0.15, 0.2) is 5.41 Å². The monoisotopic (exact) mass is 360 g/mol. The number of hydrogen-bond acceptors (Lipinski definition) is 4. The molecule has 0 N–H and O–H groups in total. The number of nitrogens with zero attached hydrogens (tertiary/aromatic N) is 2. The quantitative estimate of drug-likeness (QED) is 0.805. The highest BCUT2D eigenvalue weighted by molar-refractivity contribution is 5.94. The Kier molecular flexibility index (Phi) is 3.48. The highest BCUT2D eigenvalue weighted by Gasteiger charge is 2.74. The van der Waals surface area contributed by atoms with Crippen molar-refractivity contribution in [3.8, 4) is 17.9 Å². The third-order valence-electron chi connectivity index (χ3n) is 7.89. The second-order valence-electron chi connectivity index (χ2n) is 9.35. The molecule has 0 spiro atoms. The molecular formula is C23H24N2O2. The van der Waals surface area contributed by atoms with Gasteiger partial charge < -0.3 is 4.74 Å². The molecule has 0 radical (unpaired) electrons. The number of carbonyl (C=O) groups excluding carboxylic acids is 1. The molecule has 4 heteroatoms. The van der Waals surface area contributed by atoms with Crippen LogP contribution in [-0.4, -0.2) is 12.9 Å². The van der Waals surface area contributed by atoms with Gasteiger partial charge in [-0.2, -0.15) is 10.5 Å². The maximum atomic E-state index is 13.8. The summed E-state index contributed by atoms with van der Waals surface area (Å²) in [6.45, 7) is 0. The minimum Gasteiger partial charge on any atom is -0.496 e. The molecule has 4 nitrogen and oxygen atoms in total. The van der Waals surface area contributed by atoms with Gasteiger partial charge in [0.05, 0.1) is 25.2 Å². The van der Waals surface area contributed by atoms with Gasteiger partial charge in [-0.25, -0.2) is 0 Å². The van der Waals surface area contributed by atoms with Crippen molar-refractivity contribution in [3.63, 3.8) is 0 Å². The lowest BCUT2D eigenvalue weighted by atomic mass is 9.48. The van der Waals surface area contributed by atoms with E-state index in [1.54, 1.807) is 7.11 Å². The first kappa shape index (κ1) is 16.8. The van der Waals surface area contributed by atoms with Crippen molar-refractivity contribution in [3.05, 3.63) is 29.8 Å². The van der Waals surface area contributed by atoms with Crippen molar-refractivity contribution in [2.75, 3.05) is 7.11 Å². The Bertz CT molecular complexity index is 841. The number of hydrogen-bond donors (Lipinski definition) is 0. The fraction of sp³-hybridized carbons (Fsp3) is 0.609. The summed E-state index contributed by atoms with van der Waals surface area (Å²) < 4.78 is 5.48. The Morgan fingerprint density at radius 1 is 1.04 bits per heavy atom. The van der Waals surface area contributed by atoms with Gasteiger partial charge >= 0.3 is 0 Å². The molecule has 138 valence electrons. The smallest absolute Gasteiger partial charge is 0.161 e. The van der Waals surface area contributed by atoms with E-state index in [1.165, 1.54) is 19.3 Å². The van der Waals surface area contributed by atoms with E-state index in [1.807, 2.05) is 24.3 Å². The summed E-state index contributed by atoms with van der Waals surface area (Å²) in [7, 11) is 1.59. The fourth-order valence-corrected chi connectivity index (χ4v) is 7.14. The van der Waals surface area contributed by atoms with Gasteiger partial charge in [0.25, 0.3) is 0 Å². The van der Waals surface area contributed by atoms with Crippen LogP contribution < -0.4 is 4.74 Å². The predicted molar refractivity (Wildman–Crippen MR) is 98.5 cm³/mol. The Morgan fingerprint density at radius 2 is 1.59 bits per heavy atom. The van der Waals surface area contributed by atoms with Crippen molar-refractivity contribution in [1.82, 2.24) is 0 Å². The van der Waals surface area contributed by atoms with E-state index in [0.717, 1.165) is 24.8 Å². The van der Waals surface area contributed by atoms with Gasteiger partial charge in [-0.05, 0) is 62.3 Å². The number of ether oxygens (including phenoxy) is 1. The van der Waals surface area contributed by atoms with Gasteiger partial charge in [0.1, 0.15) is 11.5 Å². The molecule has 5 aliphatic rings. The zero-order valence-corrected chi connectivity index (χ0v) is 15.6. The molecular weight excluding hydrogens is 336 g/mol. The predicted octanol–water partition coefficient (Wildman–Crippen LogP) is 4.23. The van der Waals surface area contributed by atoms with Crippen LogP contribution in [0.25, 0.3) is 0 Å². The van der Waals surface area contributed by atoms with Crippen LogP contribution in [0, 0.1) is 57.2 Å². The first-order valence-electron chi connectivity index (χ1n) is 10.1. The molecule has 0 aliphatic heterocycles. The summed E-state index contributed by atoms with van der Waals surface area (Å²) in [5.74, 6) is 1.98. The van der Waals surface area contributed by atoms with Gasteiger partial charge in [-0.3, -0.25) is 4.79 Å². The van der Waals surface area contributed by atoms with Gasteiger partial charge in [0.2, 0.25) is 0 Å². The molecule has 0 saturated heterocycles. The summed E-state index contributed by atoms with van der Waals surface area (Å²) in [5, 5.41) is 19.8. The molecule has 0 heterocycles. The average molecular weight is 360 g/mol. The molecule has 4 bridgehead atoms. The van der Waals surface area contributed by atoms with E-state index in [9.17, 15) is 15.3 Å². The second kappa shape index (κ2) is 5.59. The summed E-state index contributed by atoms with van der Waals surface area (Å²) in [6, 6.07) is 12.0. The Hall–Kier alpha value is -2.33. The second-order valence-corrected chi connectivity index (χ2v) is 9.35. The maximum Gasteiger partial charge on any atom is 0.161 e. The van der Waals surface area contributed by atoms with Crippen molar-refractivity contribution in [2.45, 2.75) is 44.4 Å². The number of rotatable bonds is 4. The van der Waals surface area contributed by atoms with Crippen LogP contribution in [0.1, 0.15) is 50.0 Å². The van der Waals surface area contributed by atoms with Crippen molar-refractivity contribution < 1.29 is 9.53 Å². The number of carbonyl (C=O) groups is 1. The minimum absolute atomic E-state index is 0.195. The Labute approximate surface area is 160 Å². The lowest BCUT2D eigenvalue weighted by molar-refractivity contribution is -0.145. The molecule has 5 fully saturated rings. The first-order chi connectivity index (χ1) is 13.1. The Morgan fingerprint density at radius 3 is 2.11 bits per heavy atom. The zero-order chi connectivity index (χ0) is 18.8. The van der Waals surface area contributed by atoms with Crippen molar-refractivity contribution in [1.29, 1.82) is 10.5 Å². The van der Waals surface area contributed by atoms with E-state index in [0.29, 0.717) is 23.5 Å². The van der Waals surface area contributed by atoms with Crippen LogP contribution in [0.5, 0.6) is 5.75 Å². The standard InChI is InChI=1S/C23H24N2O2/c1-27-18-5-3-2-4-17(18)19-20(23(19,12-24)13-25)21(26)22-9-14-6-15(10-22)8-16(7-14)11-22/h2-5,14-16,19-20H,6-11H2,1H3. The lowest BCUT2D eigenvalue weighted by Crippen LogP contribution is -2.50. The summed E-state index contributed by atoms with van der Waals surface area (Å²) in [4.78, 5) is 13.8. The SMILES string of the molecule is COc1ccccc1C1C(C(=O)C23CC4CC(CC(C4)C2)C3)C1(C#N)C#N. The molecule has 1 aromatic rings. The number of Topliss-reactive ketones (excluding diaryl/α,β-unsaturated/α-hetero) is 1. The van der Waals surface area contributed by atoms with Crippen LogP contribution in [0.15, 0.2) is 24.3 Å². The number of methoxy groups -OCH3 is 1. The molecule has 5 saturated carbocycles. The third-order valence-corrected chi connectivity index (χ3v) is 7.89. The first-order valence-corrected chi connectivity index (χ1v) is 10.1. The van der Waals surface area contributed by atoms with Crippen molar-refractivity contribution in [2.24, 2.45) is 34.5 Å². The molecule has 27 heavy (non-hydrogen) atoms. The van der Waals surface area contributed by atoms with Crippen LogP contribution in [0.4, 0.5) is 0 Å². The Balaban J connectivity index is 1.53. The highest BCUT2D eigenvalue weighted by Crippen LogP contribution is 2.70. The van der Waals surface area contributed by atoms with Crippen LogP contribution >= 0.6 is 0 Å². The summed E-state index contributed by atoms with van der Waals surface area (Å²) >= 11 is 0. The largest absolute Gasteiger partial charge is 0.496 e. The van der Waals surface area contributed by atoms with Crippen LogP contribution in [0.2, 0.25) is 0 Å². The summed E-state index contributed by atoms with van der Waals surface area (Å²) in [5.41, 5.74) is -0.698. The number of benzene rings is 1. The molecule has 2 atom stereocenters. The van der Waals surface area contributed by atoms with E-state index in [4.69, 9.17) is 4.74 Å². The average Bonchev–Trinajstić information content (AvgIpc) is 3.35. The zero-order valence-electron chi connectivity index (χ0n) is 15.6. The minimum atomic E-state index is -1.24. The van der Waals surface area contributed by atoms with Crippen LogP contribution in [-0.2, 0) is 4.79 Å². The van der Waals surface area contributed by atoms with E-state index in [2.05, 4.69) is 12.1 Å². The van der Waals surface area contributed by atoms with Gasteiger partial charge in [0, 0.05) is 16.9 Å². The van der Waals surface area contributed by atoms with Gasteiger partial charge in [-0.1, -0.05) is 18.2 Å². The summed E-state index contributed by atoms with van der Waals surface area (Å²) in [6.07, 6.45) is 6.73. The van der Waals surface area contributed by atoms with E-state index >= 15 is 0 Å². The maximum absolute atomic E-state index is 13.8. The fourth-order valence-electron chi connectivity index (χ4n) is 7.14. The third kappa shape index (κ3) is 2.16. The topological polar surface area (TPSA) is 73.9 Å². The molecule has 0 aromatic heterocycles. The molecule has 1 aromatic carbocycles. The number of nitriles is 2. The molecule has 5 aliphatic carbocycles. The molecule has 2 unspecified atom stereocenters. The normalized spacial score (nSPS) is 40.0. The lowest BCUT2D eigenvalue weighted by Gasteiger charge is -2.56. The van der Waals surface area contributed by atoms with E-state index in [-0.39, 0.29) is 17.1 Å². The molecule has 0 amide bonds.